The van der Waals surface area contributed by atoms with Crippen LogP contribution in [0, 0.1) is 6.92 Å². The zero-order chi connectivity index (χ0) is 14.7. The highest BCUT2D eigenvalue weighted by atomic mass is 16.5. The SMILES string of the molecule is COc1nc(C)cc2nc(C(C)C)nc(NCCO)c12. The van der Waals surface area contributed by atoms with Gasteiger partial charge in [0, 0.05) is 18.2 Å². The Bertz CT molecular complexity index is 614. The number of fused-ring (bicyclic) bond motifs is 1. The Balaban J connectivity index is 2.70. The summed E-state index contributed by atoms with van der Waals surface area (Å²) in [6, 6.07) is 1.91. The van der Waals surface area contributed by atoms with Gasteiger partial charge in [0.05, 0.1) is 19.2 Å². The Morgan fingerprint density at radius 3 is 2.65 bits per heavy atom. The molecule has 2 aromatic rings. The number of aromatic nitrogens is 3. The summed E-state index contributed by atoms with van der Waals surface area (Å²) >= 11 is 0. The Morgan fingerprint density at radius 2 is 2.05 bits per heavy atom. The highest BCUT2D eigenvalue weighted by molar-refractivity contribution is 5.93. The van der Waals surface area contributed by atoms with Crippen LogP contribution in [0.15, 0.2) is 6.07 Å². The fraction of sp³-hybridized carbons (Fsp3) is 0.500. The van der Waals surface area contributed by atoms with Gasteiger partial charge in [-0.3, -0.25) is 0 Å². The summed E-state index contributed by atoms with van der Waals surface area (Å²) in [7, 11) is 1.58. The average molecular weight is 276 g/mol. The van der Waals surface area contributed by atoms with Crippen molar-refractivity contribution < 1.29 is 9.84 Å². The van der Waals surface area contributed by atoms with E-state index in [1.54, 1.807) is 7.11 Å². The van der Waals surface area contributed by atoms with Gasteiger partial charge in [-0.25, -0.2) is 15.0 Å². The maximum atomic E-state index is 9.00. The molecule has 20 heavy (non-hydrogen) atoms. The van der Waals surface area contributed by atoms with Crippen molar-refractivity contribution >= 4 is 16.7 Å². The number of nitrogens with zero attached hydrogens (tertiary/aromatic N) is 3. The van der Waals surface area contributed by atoms with Gasteiger partial charge in [-0.1, -0.05) is 13.8 Å². The second-order valence-corrected chi connectivity index (χ2v) is 4.90. The number of hydrogen-bond donors (Lipinski definition) is 2. The van der Waals surface area contributed by atoms with E-state index in [9.17, 15) is 0 Å². The predicted molar refractivity (Wildman–Crippen MR) is 78.3 cm³/mol. The first-order valence-corrected chi connectivity index (χ1v) is 6.64. The summed E-state index contributed by atoms with van der Waals surface area (Å²) in [5, 5.41) is 12.8. The molecule has 0 aliphatic carbocycles. The van der Waals surface area contributed by atoms with Gasteiger partial charge in [0.1, 0.15) is 17.0 Å². The molecule has 0 aromatic carbocycles. The van der Waals surface area contributed by atoms with Gasteiger partial charge in [-0.15, -0.1) is 0 Å². The third-order valence-corrected chi connectivity index (χ3v) is 2.91. The number of rotatable bonds is 5. The molecule has 0 aliphatic heterocycles. The molecule has 0 saturated carbocycles. The van der Waals surface area contributed by atoms with Crippen LogP contribution < -0.4 is 10.1 Å². The van der Waals surface area contributed by atoms with E-state index in [1.165, 1.54) is 0 Å². The number of pyridine rings is 1. The normalized spacial score (nSPS) is 11.1. The quantitative estimate of drug-likeness (QED) is 0.867. The van der Waals surface area contributed by atoms with Crippen LogP contribution in [0.1, 0.15) is 31.3 Å². The van der Waals surface area contributed by atoms with Gasteiger partial charge in [-0.05, 0) is 13.0 Å². The molecule has 2 aromatic heterocycles. The number of methoxy groups -OCH3 is 1. The average Bonchev–Trinajstić information content (AvgIpc) is 2.42. The summed E-state index contributed by atoms with van der Waals surface area (Å²) in [5.41, 5.74) is 1.64. The van der Waals surface area contributed by atoms with Crippen LogP contribution in [0.5, 0.6) is 5.88 Å². The van der Waals surface area contributed by atoms with E-state index in [-0.39, 0.29) is 12.5 Å². The van der Waals surface area contributed by atoms with Crippen LogP contribution in [0.25, 0.3) is 10.9 Å². The van der Waals surface area contributed by atoms with Crippen molar-refractivity contribution in [1.82, 2.24) is 15.0 Å². The molecule has 2 rings (SSSR count). The largest absolute Gasteiger partial charge is 0.480 e. The molecule has 0 spiro atoms. The van der Waals surface area contributed by atoms with Crippen LogP contribution in [-0.2, 0) is 0 Å². The molecule has 0 aliphatic rings. The van der Waals surface area contributed by atoms with E-state index >= 15 is 0 Å². The van der Waals surface area contributed by atoms with E-state index in [1.807, 2.05) is 26.8 Å². The summed E-state index contributed by atoms with van der Waals surface area (Å²) in [6.07, 6.45) is 0. The molecular formula is C14H20N4O2. The number of hydrogen-bond acceptors (Lipinski definition) is 6. The van der Waals surface area contributed by atoms with E-state index < -0.39 is 0 Å². The van der Waals surface area contributed by atoms with Crippen molar-refractivity contribution in [2.75, 3.05) is 25.6 Å². The lowest BCUT2D eigenvalue weighted by Gasteiger charge is -2.14. The van der Waals surface area contributed by atoms with Gasteiger partial charge >= 0.3 is 0 Å². The van der Waals surface area contributed by atoms with E-state index in [2.05, 4.69) is 20.3 Å². The van der Waals surface area contributed by atoms with Crippen molar-refractivity contribution in [2.24, 2.45) is 0 Å². The first-order valence-electron chi connectivity index (χ1n) is 6.64. The van der Waals surface area contributed by atoms with Crippen molar-refractivity contribution in [3.05, 3.63) is 17.6 Å². The van der Waals surface area contributed by atoms with Gasteiger partial charge in [0.2, 0.25) is 5.88 Å². The molecule has 0 atom stereocenters. The number of ether oxygens (including phenoxy) is 1. The molecule has 108 valence electrons. The highest BCUT2D eigenvalue weighted by Gasteiger charge is 2.15. The maximum Gasteiger partial charge on any atom is 0.226 e. The molecular weight excluding hydrogens is 256 g/mol. The minimum absolute atomic E-state index is 0.0319. The topological polar surface area (TPSA) is 80.2 Å². The second kappa shape index (κ2) is 6.00. The first kappa shape index (κ1) is 14.5. The zero-order valence-corrected chi connectivity index (χ0v) is 12.3. The molecule has 0 amide bonds. The molecule has 2 heterocycles. The molecule has 2 N–H and O–H groups in total. The smallest absolute Gasteiger partial charge is 0.226 e. The van der Waals surface area contributed by atoms with Gasteiger partial charge in [0.25, 0.3) is 0 Å². The van der Waals surface area contributed by atoms with Crippen LogP contribution in [0.2, 0.25) is 0 Å². The van der Waals surface area contributed by atoms with Crippen molar-refractivity contribution in [3.8, 4) is 5.88 Å². The molecule has 6 heteroatoms. The number of nitrogens with one attached hydrogen (secondary N) is 1. The van der Waals surface area contributed by atoms with Crippen LogP contribution in [0.3, 0.4) is 0 Å². The molecule has 0 saturated heterocycles. The second-order valence-electron chi connectivity index (χ2n) is 4.90. The fourth-order valence-corrected chi connectivity index (χ4v) is 1.97. The van der Waals surface area contributed by atoms with Crippen molar-refractivity contribution in [2.45, 2.75) is 26.7 Å². The van der Waals surface area contributed by atoms with Gasteiger partial charge < -0.3 is 15.2 Å². The minimum Gasteiger partial charge on any atom is -0.480 e. The van der Waals surface area contributed by atoms with Crippen LogP contribution in [0.4, 0.5) is 5.82 Å². The van der Waals surface area contributed by atoms with E-state index in [0.717, 1.165) is 22.4 Å². The van der Waals surface area contributed by atoms with Crippen molar-refractivity contribution in [1.29, 1.82) is 0 Å². The Morgan fingerprint density at radius 1 is 1.30 bits per heavy atom. The Kier molecular flexibility index (Phi) is 4.34. The predicted octanol–water partition coefficient (Wildman–Crippen LogP) is 1.87. The number of anilines is 1. The lowest BCUT2D eigenvalue weighted by molar-refractivity contribution is 0.311. The van der Waals surface area contributed by atoms with Crippen LogP contribution >= 0.6 is 0 Å². The summed E-state index contributed by atoms with van der Waals surface area (Å²) in [4.78, 5) is 13.5. The molecule has 0 radical (unpaired) electrons. The Hall–Kier alpha value is -1.95. The molecule has 0 fully saturated rings. The minimum atomic E-state index is 0.0319. The lowest BCUT2D eigenvalue weighted by atomic mass is 10.2. The monoisotopic (exact) mass is 276 g/mol. The third-order valence-electron chi connectivity index (χ3n) is 2.91. The fourth-order valence-electron chi connectivity index (χ4n) is 1.97. The van der Waals surface area contributed by atoms with E-state index in [0.29, 0.717) is 18.2 Å². The third kappa shape index (κ3) is 2.80. The standard InChI is InChI=1S/C14H20N4O2/c1-8(2)12-17-10-7-9(3)16-14(20-4)11(10)13(18-12)15-5-6-19/h7-8,19H,5-6H2,1-4H3,(H,15,17,18). The summed E-state index contributed by atoms with van der Waals surface area (Å²) < 4.78 is 5.34. The summed E-state index contributed by atoms with van der Waals surface area (Å²) in [5.74, 6) is 2.12. The zero-order valence-electron chi connectivity index (χ0n) is 12.3. The lowest BCUT2D eigenvalue weighted by Crippen LogP contribution is -2.11. The molecule has 0 bridgehead atoms. The van der Waals surface area contributed by atoms with Gasteiger partial charge in [-0.2, -0.15) is 0 Å². The number of aryl methyl sites for hydroxylation is 1. The first-order chi connectivity index (χ1) is 9.56. The Labute approximate surface area is 118 Å². The van der Waals surface area contributed by atoms with Crippen LogP contribution in [-0.4, -0.2) is 40.3 Å². The highest BCUT2D eigenvalue weighted by Crippen LogP contribution is 2.30. The van der Waals surface area contributed by atoms with Crippen molar-refractivity contribution in [3.63, 3.8) is 0 Å². The molecule has 0 unspecified atom stereocenters. The number of aliphatic hydroxyl groups excluding tert-OH is 1. The number of aliphatic hydroxyl groups is 1. The maximum absolute atomic E-state index is 9.00. The van der Waals surface area contributed by atoms with Gasteiger partial charge in [0.15, 0.2) is 0 Å². The van der Waals surface area contributed by atoms with E-state index in [4.69, 9.17) is 9.84 Å². The molecule has 6 nitrogen and oxygen atoms in total. The summed E-state index contributed by atoms with van der Waals surface area (Å²) in [6.45, 7) is 6.44.